The molecule has 31 heavy (non-hydrogen) atoms. The predicted molar refractivity (Wildman–Crippen MR) is 122 cm³/mol. The second-order valence-corrected chi connectivity index (χ2v) is 8.71. The van der Waals surface area contributed by atoms with Gasteiger partial charge in [-0.05, 0) is 50.1 Å². The van der Waals surface area contributed by atoms with Crippen molar-refractivity contribution in [3.05, 3.63) is 81.0 Å². The average molecular weight is 454 g/mol. The molecular formula is C22H20ClN5O2S. The molecule has 1 N–H and O–H groups in total. The van der Waals surface area contributed by atoms with Gasteiger partial charge in [-0.25, -0.2) is 18.9 Å². The lowest BCUT2D eigenvalue weighted by Crippen LogP contribution is -2.28. The molecule has 7 nitrogen and oxygen atoms in total. The third-order valence-corrected chi connectivity index (χ3v) is 6.17. The number of carbonyl (C=O) groups excluding carboxylic acids is 1. The van der Waals surface area contributed by atoms with E-state index in [9.17, 15) is 9.59 Å². The van der Waals surface area contributed by atoms with E-state index in [1.165, 1.54) is 21.7 Å². The van der Waals surface area contributed by atoms with E-state index in [0.29, 0.717) is 21.4 Å². The van der Waals surface area contributed by atoms with Crippen molar-refractivity contribution in [2.75, 3.05) is 5.32 Å². The van der Waals surface area contributed by atoms with Crippen LogP contribution in [0.5, 0.6) is 0 Å². The maximum absolute atomic E-state index is 12.8. The van der Waals surface area contributed by atoms with Crippen molar-refractivity contribution in [1.29, 1.82) is 0 Å². The van der Waals surface area contributed by atoms with Crippen molar-refractivity contribution in [2.24, 2.45) is 0 Å². The van der Waals surface area contributed by atoms with E-state index in [2.05, 4.69) is 21.5 Å². The molecule has 0 aliphatic heterocycles. The predicted octanol–water partition coefficient (Wildman–Crippen LogP) is 4.26. The lowest BCUT2D eigenvalue weighted by atomic mass is 10.2. The molecule has 0 fully saturated rings. The fourth-order valence-electron chi connectivity index (χ4n) is 3.17. The zero-order valence-electron chi connectivity index (χ0n) is 17.2. The topological polar surface area (TPSA) is 81.3 Å². The minimum Gasteiger partial charge on any atom is -0.323 e. The summed E-state index contributed by atoms with van der Waals surface area (Å²) in [6.45, 7) is 5.74. The van der Waals surface area contributed by atoms with Gasteiger partial charge < -0.3 is 5.32 Å². The molecule has 0 saturated carbocycles. The number of halogens is 1. The number of amides is 1. The van der Waals surface area contributed by atoms with E-state index in [0.717, 1.165) is 20.7 Å². The van der Waals surface area contributed by atoms with E-state index in [1.807, 2.05) is 39.0 Å². The highest BCUT2D eigenvalue weighted by Crippen LogP contribution is 2.31. The van der Waals surface area contributed by atoms with Crippen LogP contribution in [-0.2, 0) is 11.3 Å². The first kappa shape index (κ1) is 21.1. The van der Waals surface area contributed by atoms with Crippen LogP contribution in [0.1, 0.15) is 16.7 Å². The van der Waals surface area contributed by atoms with Crippen molar-refractivity contribution < 1.29 is 4.79 Å². The second-order valence-electron chi connectivity index (χ2n) is 7.27. The van der Waals surface area contributed by atoms with Gasteiger partial charge in [0.2, 0.25) is 5.91 Å². The van der Waals surface area contributed by atoms with Gasteiger partial charge in [-0.1, -0.05) is 47.1 Å². The van der Waals surface area contributed by atoms with Crippen LogP contribution < -0.4 is 11.0 Å². The smallest absolute Gasteiger partial charge is 0.323 e. The average Bonchev–Trinajstić information content (AvgIpc) is 3.03. The maximum atomic E-state index is 12.8. The molecular weight excluding hydrogens is 434 g/mol. The fraction of sp³-hybridized carbons (Fsp3) is 0.182. The van der Waals surface area contributed by atoms with Crippen molar-refractivity contribution in [1.82, 2.24) is 19.2 Å². The molecule has 0 spiro atoms. The number of benzene rings is 2. The van der Waals surface area contributed by atoms with Crippen LogP contribution in [0.2, 0.25) is 5.02 Å². The molecule has 2 aromatic carbocycles. The number of aryl methyl sites for hydroxylation is 3. The van der Waals surface area contributed by atoms with Crippen LogP contribution in [0, 0.1) is 20.8 Å². The van der Waals surface area contributed by atoms with Crippen LogP contribution in [0.3, 0.4) is 0 Å². The van der Waals surface area contributed by atoms with Crippen LogP contribution in [0.15, 0.2) is 63.5 Å². The number of hydrogen-bond donors (Lipinski definition) is 1. The van der Waals surface area contributed by atoms with Gasteiger partial charge >= 0.3 is 5.69 Å². The molecule has 1 amide bonds. The van der Waals surface area contributed by atoms with Gasteiger partial charge in [-0.3, -0.25) is 4.79 Å². The Morgan fingerprint density at radius 1 is 1.13 bits per heavy atom. The molecule has 0 atom stereocenters. The standard InChI is InChI=1S/C22H20ClN5O2S/c1-13-5-7-18(15(3)10-13)31-21-20-26-28(22(30)27(20)9-8-24-21)12-19(29)25-17-6-4-14(2)11-16(17)23/h4-11H,12H2,1-3H3,(H,25,29). The third kappa shape index (κ3) is 4.50. The first-order valence-corrected chi connectivity index (χ1v) is 10.8. The Bertz CT molecular complexity index is 1360. The quantitative estimate of drug-likeness (QED) is 0.488. The minimum atomic E-state index is -0.412. The van der Waals surface area contributed by atoms with Crippen molar-refractivity contribution in [3.63, 3.8) is 0 Å². The molecule has 2 heterocycles. The SMILES string of the molecule is Cc1ccc(Sc2nccn3c(=O)n(CC(=O)Nc4ccc(C)cc4Cl)nc23)c(C)c1. The van der Waals surface area contributed by atoms with E-state index in [1.54, 1.807) is 24.5 Å². The van der Waals surface area contributed by atoms with Gasteiger partial charge in [0.25, 0.3) is 0 Å². The molecule has 2 aromatic heterocycles. The van der Waals surface area contributed by atoms with Gasteiger partial charge in [-0.2, -0.15) is 0 Å². The van der Waals surface area contributed by atoms with Gasteiger partial charge in [0.15, 0.2) is 5.65 Å². The number of rotatable bonds is 5. The third-order valence-electron chi connectivity index (χ3n) is 4.70. The summed E-state index contributed by atoms with van der Waals surface area (Å²) in [4.78, 5) is 30.7. The molecule has 0 bridgehead atoms. The summed E-state index contributed by atoms with van der Waals surface area (Å²) in [5.74, 6) is -0.396. The van der Waals surface area contributed by atoms with Crippen molar-refractivity contribution in [3.8, 4) is 0 Å². The molecule has 0 saturated heterocycles. The molecule has 0 unspecified atom stereocenters. The summed E-state index contributed by atoms with van der Waals surface area (Å²) in [5.41, 5.74) is 3.75. The van der Waals surface area contributed by atoms with E-state index in [4.69, 9.17) is 11.6 Å². The maximum Gasteiger partial charge on any atom is 0.350 e. The number of nitrogens with zero attached hydrogens (tertiary/aromatic N) is 4. The lowest BCUT2D eigenvalue weighted by molar-refractivity contribution is -0.117. The summed E-state index contributed by atoms with van der Waals surface area (Å²) in [5, 5.41) is 8.11. The zero-order valence-corrected chi connectivity index (χ0v) is 18.8. The number of hydrogen-bond acceptors (Lipinski definition) is 5. The van der Waals surface area contributed by atoms with E-state index >= 15 is 0 Å². The Morgan fingerprint density at radius 2 is 1.87 bits per heavy atom. The van der Waals surface area contributed by atoms with Crippen LogP contribution >= 0.6 is 23.4 Å². The summed E-state index contributed by atoms with van der Waals surface area (Å²) in [6.07, 6.45) is 3.10. The zero-order chi connectivity index (χ0) is 22.1. The molecule has 9 heteroatoms. The minimum absolute atomic E-state index is 0.238. The summed E-state index contributed by atoms with van der Waals surface area (Å²) >= 11 is 7.61. The highest BCUT2D eigenvalue weighted by atomic mass is 35.5. The number of nitrogens with one attached hydrogen (secondary N) is 1. The number of fused-ring (bicyclic) bond motifs is 1. The van der Waals surface area contributed by atoms with E-state index in [-0.39, 0.29) is 6.54 Å². The molecule has 4 rings (SSSR count). The summed E-state index contributed by atoms with van der Waals surface area (Å²) in [6, 6.07) is 11.5. The first-order valence-electron chi connectivity index (χ1n) is 9.57. The van der Waals surface area contributed by atoms with Gasteiger partial charge in [0, 0.05) is 17.3 Å². The van der Waals surface area contributed by atoms with Gasteiger partial charge in [0.1, 0.15) is 11.6 Å². The first-order chi connectivity index (χ1) is 14.8. The van der Waals surface area contributed by atoms with Gasteiger partial charge in [-0.15, -0.1) is 5.10 Å². The van der Waals surface area contributed by atoms with Crippen molar-refractivity contribution in [2.45, 2.75) is 37.2 Å². The Balaban J connectivity index is 1.61. The molecule has 0 aliphatic rings. The number of anilines is 1. The second kappa shape index (κ2) is 8.56. The summed E-state index contributed by atoms with van der Waals surface area (Å²) in [7, 11) is 0. The highest BCUT2D eigenvalue weighted by molar-refractivity contribution is 7.99. The number of carbonyl (C=O) groups is 1. The Labute approximate surface area is 188 Å². The van der Waals surface area contributed by atoms with Crippen LogP contribution in [0.4, 0.5) is 5.69 Å². The number of aromatic nitrogens is 4. The molecule has 0 radical (unpaired) electrons. The van der Waals surface area contributed by atoms with Crippen molar-refractivity contribution >= 4 is 40.6 Å². The molecule has 4 aromatic rings. The lowest BCUT2D eigenvalue weighted by Gasteiger charge is -2.07. The van der Waals surface area contributed by atoms with Crippen LogP contribution in [0.25, 0.3) is 5.65 Å². The Hall–Kier alpha value is -3.10. The Kier molecular flexibility index (Phi) is 5.84. The Morgan fingerprint density at radius 3 is 2.61 bits per heavy atom. The van der Waals surface area contributed by atoms with Gasteiger partial charge in [0.05, 0.1) is 10.7 Å². The summed E-state index contributed by atoms with van der Waals surface area (Å²) < 4.78 is 2.52. The molecule has 0 aliphatic carbocycles. The molecule has 158 valence electrons. The monoisotopic (exact) mass is 453 g/mol. The van der Waals surface area contributed by atoms with E-state index < -0.39 is 11.6 Å². The highest BCUT2D eigenvalue weighted by Gasteiger charge is 2.16. The largest absolute Gasteiger partial charge is 0.350 e. The van der Waals surface area contributed by atoms with Crippen LogP contribution in [-0.4, -0.2) is 25.1 Å². The normalized spacial score (nSPS) is 11.1. The fourth-order valence-corrected chi connectivity index (χ4v) is 4.36.